The fourth-order valence-corrected chi connectivity index (χ4v) is 1.82. The highest BCUT2D eigenvalue weighted by atomic mass is 16.5. The molecule has 2 aromatic rings. The van der Waals surface area contributed by atoms with E-state index in [1.807, 2.05) is 6.07 Å². The summed E-state index contributed by atoms with van der Waals surface area (Å²) in [7, 11) is 0. The topological polar surface area (TPSA) is 18.0 Å². The van der Waals surface area contributed by atoms with Crippen molar-refractivity contribution in [3.63, 3.8) is 0 Å². The first kappa shape index (κ1) is 12.8. The molecule has 0 saturated carbocycles. The SMILES string of the molecule is CCCCOCn1cc[n+](Cc2ccccc2)c1. The van der Waals surface area contributed by atoms with Crippen molar-refractivity contribution in [3.8, 4) is 0 Å². The molecule has 0 amide bonds. The van der Waals surface area contributed by atoms with Crippen LogP contribution in [0.3, 0.4) is 0 Å². The van der Waals surface area contributed by atoms with Crippen LogP contribution in [0, 0.1) is 0 Å². The fourth-order valence-electron chi connectivity index (χ4n) is 1.82. The van der Waals surface area contributed by atoms with Gasteiger partial charge in [0.05, 0.1) is 6.61 Å². The highest BCUT2D eigenvalue weighted by molar-refractivity contribution is 5.13. The average Bonchev–Trinajstić information content (AvgIpc) is 2.84. The van der Waals surface area contributed by atoms with Crippen molar-refractivity contribution in [1.82, 2.24) is 4.57 Å². The number of nitrogens with zero attached hydrogens (tertiary/aromatic N) is 2. The lowest BCUT2D eigenvalue weighted by atomic mass is 10.2. The van der Waals surface area contributed by atoms with Crippen molar-refractivity contribution < 1.29 is 9.30 Å². The summed E-state index contributed by atoms with van der Waals surface area (Å²) in [6.07, 6.45) is 8.52. The van der Waals surface area contributed by atoms with Gasteiger partial charge in [-0.2, -0.15) is 0 Å². The number of rotatable bonds is 7. The van der Waals surface area contributed by atoms with E-state index in [2.05, 4.69) is 59.0 Å². The Kier molecular flexibility index (Phi) is 4.97. The van der Waals surface area contributed by atoms with E-state index >= 15 is 0 Å². The van der Waals surface area contributed by atoms with Crippen LogP contribution in [-0.4, -0.2) is 11.2 Å². The zero-order chi connectivity index (χ0) is 12.6. The van der Waals surface area contributed by atoms with Gasteiger partial charge in [-0.15, -0.1) is 0 Å². The largest absolute Gasteiger partial charge is 0.342 e. The third-order valence-electron chi connectivity index (χ3n) is 2.84. The summed E-state index contributed by atoms with van der Waals surface area (Å²) < 4.78 is 9.81. The van der Waals surface area contributed by atoms with Crippen LogP contribution in [0.25, 0.3) is 0 Å². The molecule has 0 atom stereocenters. The predicted molar refractivity (Wildman–Crippen MR) is 71.0 cm³/mol. The third kappa shape index (κ3) is 4.00. The van der Waals surface area contributed by atoms with Crippen LogP contribution >= 0.6 is 0 Å². The quantitative estimate of drug-likeness (QED) is 0.541. The summed E-state index contributed by atoms with van der Waals surface area (Å²) in [6, 6.07) is 10.5. The minimum Gasteiger partial charge on any atom is -0.342 e. The molecule has 96 valence electrons. The maximum absolute atomic E-state index is 5.57. The van der Waals surface area contributed by atoms with Gasteiger partial charge in [-0.05, 0) is 12.0 Å². The third-order valence-corrected chi connectivity index (χ3v) is 2.84. The Morgan fingerprint density at radius 2 is 2.06 bits per heavy atom. The average molecular weight is 245 g/mol. The first-order valence-corrected chi connectivity index (χ1v) is 6.55. The van der Waals surface area contributed by atoms with E-state index in [9.17, 15) is 0 Å². The minimum atomic E-state index is 0.641. The first-order valence-electron chi connectivity index (χ1n) is 6.55. The summed E-state index contributed by atoms with van der Waals surface area (Å²) in [5.41, 5.74) is 1.31. The van der Waals surface area contributed by atoms with Gasteiger partial charge in [-0.3, -0.25) is 0 Å². The zero-order valence-corrected chi connectivity index (χ0v) is 11.0. The Hall–Kier alpha value is -1.61. The summed E-state index contributed by atoms with van der Waals surface area (Å²) in [5.74, 6) is 0. The Morgan fingerprint density at radius 1 is 1.22 bits per heavy atom. The van der Waals surface area contributed by atoms with Gasteiger partial charge in [-0.25, -0.2) is 9.13 Å². The Bertz CT molecular complexity index is 451. The van der Waals surface area contributed by atoms with Crippen LogP contribution < -0.4 is 4.57 Å². The van der Waals surface area contributed by atoms with Gasteiger partial charge >= 0.3 is 0 Å². The van der Waals surface area contributed by atoms with Crippen molar-refractivity contribution in [2.24, 2.45) is 0 Å². The van der Waals surface area contributed by atoms with Crippen molar-refractivity contribution in [2.75, 3.05) is 6.61 Å². The standard InChI is InChI=1S/C15H21N2O/c1-2-3-11-18-14-17-10-9-16(13-17)12-15-7-5-4-6-8-15/h4-10,13H,2-3,11-12,14H2,1H3/q+1. The van der Waals surface area contributed by atoms with Gasteiger partial charge in [0.25, 0.3) is 0 Å². The molecular formula is C15H21N2O+. The molecule has 0 fully saturated rings. The van der Waals surface area contributed by atoms with Gasteiger partial charge in [0, 0.05) is 0 Å². The van der Waals surface area contributed by atoms with Gasteiger partial charge in [0.1, 0.15) is 18.9 Å². The van der Waals surface area contributed by atoms with Crippen LogP contribution in [0.5, 0.6) is 0 Å². The lowest BCUT2D eigenvalue weighted by Crippen LogP contribution is -2.31. The molecule has 2 rings (SSSR count). The van der Waals surface area contributed by atoms with E-state index < -0.39 is 0 Å². The molecule has 0 N–H and O–H groups in total. The van der Waals surface area contributed by atoms with Crippen LogP contribution in [0.1, 0.15) is 25.3 Å². The van der Waals surface area contributed by atoms with Gasteiger partial charge in [0.2, 0.25) is 6.33 Å². The highest BCUT2D eigenvalue weighted by Crippen LogP contribution is 1.98. The number of unbranched alkanes of at least 4 members (excludes halogenated alkanes) is 1. The molecule has 1 heterocycles. The molecule has 0 bridgehead atoms. The van der Waals surface area contributed by atoms with Gasteiger partial charge < -0.3 is 4.74 Å². The minimum absolute atomic E-state index is 0.641. The molecule has 3 heteroatoms. The molecular weight excluding hydrogens is 224 g/mol. The Labute approximate surface area is 109 Å². The van der Waals surface area contributed by atoms with Crippen molar-refractivity contribution in [3.05, 3.63) is 54.6 Å². The second kappa shape index (κ2) is 6.97. The molecule has 0 unspecified atom stereocenters. The number of hydrogen-bond acceptors (Lipinski definition) is 1. The smallest absolute Gasteiger partial charge is 0.245 e. The summed E-state index contributed by atoms with van der Waals surface area (Å²) in [4.78, 5) is 0. The summed E-state index contributed by atoms with van der Waals surface area (Å²) in [6.45, 7) is 4.56. The number of hydrogen-bond donors (Lipinski definition) is 0. The maximum atomic E-state index is 5.57. The number of ether oxygens (including phenoxy) is 1. The van der Waals surface area contributed by atoms with Crippen molar-refractivity contribution in [2.45, 2.75) is 33.0 Å². The maximum Gasteiger partial charge on any atom is 0.245 e. The number of benzene rings is 1. The zero-order valence-electron chi connectivity index (χ0n) is 11.0. The van der Waals surface area contributed by atoms with Crippen molar-refractivity contribution in [1.29, 1.82) is 0 Å². The molecule has 0 aliphatic rings. The van der Waals surface area contributed by atoms with Crippen LogP contribution in [0.4, 0.5) is 0 Å². The van der Waals surface area contributed by atoms with E-state index in [4.69, 9.17) is 4.74 Å². The fraction of sp³-hybridized carbons (Fsp3) is 0.400. The Morgan fingerprint density at radius 3 is 2.83 bits per heavy atom. The van der Waals surface area contributed by atoms with E-state index in [0.717, 1.165) is 19.6 Å². The van der Waals surface area contributed by atoms with E-state index in [-0.39, 0.29) is 0 Å². The second-order valence-electron chi connectivity index (χ2n) is 4.48. The van der Waals surface area contributed by atoms with E-state index in [0.29, 0.717) is 6.73 Å². The van der Waals surface area contributed by atoms with Crippen LogP contribution in [0.15, 0.2) is 49.1 Å². The Balaban J connectivity index is 1.83. The van der Waals surface area contributed by atoms with Crippen LogP contribution in [0.2, 0.25) is 0 Å². The lowest BCUT2D eigenvalue weighted by molar-refractivity contribution is -0.688. The molecule has 0 saturated heterocycles. The van der Waals surface area contributed by atoms with E-state index in [1.54, 1.807) is 0 Å². The summed E-state index contributed by atoms with van der Waals surface area (Å²) >= 11 is 0. The van der Waals surface area contributed by atoms with Crippen molar-refractivity contribution >= 4 is 0 Å². The monoisotopic (exact) mass is 245 g/mol. The van der Waals surface area contributed by atoms with Gasteiger partial charge in [0.15, 0.2) is 6.73 Å². The molecule has 3 nitrogen and oxygen atoms in total. The second-order valence-corrected chi connectivity index (χ2v) is 4.48. The lowest BCUT2D eigenvalue weighted by Gasteiger charge is -1.99. The predicted octanol–water partition coefficient (Wildman–Crippen LogP) is 2.60. The molecule has 0 aliphatic carbocycles. The molecule has 0 spiro atoms. The van der Waals surface area contributed by atoms with Gasteiger partial charge in [-0.1, -0.05) is 43.7 Å². The molecule has 1 aromatic carbocycles. The van der Waals surface area contributed by atoms with E-state index in [1.165, 1.54) is 12.0 Å². The number of imidazole rings is 1. The van der Waals surface area contributed by atoms with Crippen LogP contribution in [-0.2, 0) is 18.0 Å². The molecule has 0 aliphatic heterocycles. The molecule has 1 aromatic heterocycles. The summed E-state index contributed by atoms with van der Waals surface area (Å²) in [5, 5.41) is 0. The first-order chi connectivity index (χ1) is 8.88. The molecule has 18 heavy (non-hydrogen) atoms. The normalized spacial score (nSPS) is 10.7. The highest BCUT2D eigenvalue weighted by Gasteiger charge is 2.04. The number of aromatic nitrogens is 2. The molecule has 0 radical (unpaired) electrons.